The lowest BCUT2D eigenvalue weighted by atomic mass is 10.2. The number of aromatic nitrogens is 2. The number of esters is 1. The maximum absolute atomic E-state index is 12.9. The number of halogens is 1. The number of carbonyl (C=O) groups is 1. The van der Waals surface area contributed by atoms with E-state index in [4.69, 9.17) is 8.83 Å². The van der Waals surface area contributed by atoms with Crippen LogP contribution >= 0.6 is 0 Å². The first-order valence-corrected chi connectivity index (χ1v) is 6.57. The predicted molar refractivity (Wildman–Crippen MR) is 75.3 cm³/mol. The van der Waals surface area contributed by atoms with Crippen LogP contribution in [0.3, 0.4) is 0 Å². The van der Waals surface area contributed by atoms with E-state index in [9.17, 15) is 14.0 Å². The van der Waals surface area contributed by atoms with E-state index < -0.39 is 17.5 Å². The van der Waals surface area contributed by atoms with Crippen molar-refractivity contribution in [3.8, 4) is 11.5 Å². The Morgan fingerprint density at radius 1 is 1.30 bits per heavy atom. The molecule has 0 unspecified atom stereocenters. The molecule has 0 aliphatic heterocycles. The Morgan fingerprint density at radius 2 is 2.04 bits per heavy atom. The van der Waals surface area contributed by atoms with Crippen molar-refractivity contribution < 1.29 is 22.8 Å². The van der Waals surface area contributed by atoms with Crippen LogP contribution in [0.4, 0.5) is 4.39 Å². The third kappa shape index (κ3) is 2.91. The molecule has 23 heavy (non-hydrogen) atoms. The molecule has 0 fully saturated rings. The van der Waals surface area contributed by atoms with Gasteiger partial charge in [-0.25, -0.2) is 14.0 Å². The van der Waals surface area contributed by atoms with Gasteiger partial charge in [0.2, 0.25) is 5.89 Å². The van der Waals surface area contributed by atoms with E-state index in [1.54, 1.807) is 0 Å². The molecule has 0 N–H and O–H groups in total. The summed E-state index contributed by atoms with van der Waals surface area (Å²) in [7, 11) is 1.24. The number of hydrogen-bond acceptors (Lipinski definition) is 6. The number of ether oxygens (including phenoxy) is 1. The minimum Gasteiger partial charge on any atom is -0.466 e. The second kappa shape index (κ2) is 5.91. The summed E-state index contributed by atoms with van der Waals surface area (Å²) in [5.41, 5.74) is 0.653. The number of benzene rings is 1. The van der Waals surface area contributed by atoms with Crippen LogP contribution < -0.4 is 5.76 Å². The molecular weight excluding hydrogens is 307 g/mol. The van der Waals surface area contributed by atoms with E-state index in [-0.39, 0.29) is 23.8 Å². The molecule has 0 atom stereocenters. The van der Waals surface area contributed by atoms with Gasteiger partial charge in [0.15, 0.2) is 0 Å². The molecule has 0 bridgehead atoms. The van der Waals surface area contributed by atoms with Gasteiger partial charge >= 0.3 is 11.7 Å². The third-order valence-electron chi connectivity index (χ3n) is 3.14. The van der Waals surface area contributed by atoms with Gasteiger partial charge in [0.25, 0.3) is 0 Å². The molecule has 0 aliphatic carbocycles. The van der Waals surface area contributed by atoms with Gasteiger partial charge in [0, 0.05) is 5.56 Å². The summed E-state index contributed by atoms with van der Waals surface area (Å²) in [6.07, 6.45) is 1.31. The van der Waals surface area contributed by atoms with Crippen molar-refractivity contribution in [3.05, 3.63) is 64.3 Å². The van der Waals surface area contributed by atoms with Crippen molar-refractivity contribution in [1.29, 1.82) is 0 Å². The number of carbonyl (C=O) groups excluding carboxylic acids is 1. The maximum Gasteiger partial charge on any atom is 0.437 e. The molecule has 8 heteroatoms. The van der Waals surface area contributed by atoms with Gasteiger partial charge < -0.3 is 13.6 Å². The van der Waals surface area contributed by atoms with E-state index in [0.717, 1.165) is 4.68 Å². The zero-order valence-corrected chi connectivity index (χ0v) is 12.0. The van der Waals surface area contributed by atoms with Gasteiger partial charge in [0.1, 0.15) is 23.7 Å². The van der Waals surface area contributed by atoms with Crippen LogP contribution in [-0.4, -0.2) is 22.9 Å². The lowest BCUT2D eigenvalue weighted by Gasteiger charge is -1.99. The molecule has 118 valence electrons. The minimum atomic E-state index is -0.725. The number of methoxy groups -OCH3 is 1. The SMILES string of the molecule is COC(=O)c1ccoc1Cn1nc(-c2ccc(F)cc2)oc1=O. The van der Waals surface area contributed by atoms with Crippen LogP contribution in [0.1, 0.15) is 16.1 Å². The molecule has 1 aromatic carbocycles. The summed E-state index contributed by atoms with van der Waals surface area (Å²) in [5.74, 6) is -1.45. The Bertz CT molecular complexity index is 891. The van der Waals surface area contributed by atoms with E-state index in [2.05, 4.69) is 9.84 Å². The van der Waals surface area contributed by atoms with Crippen molar-refractivity contribution in [2.45, 2.75) is 6.54 Å². The van der Waals surface area contributed by atoms with Crippen molar-refractivity contribution in [1.82, 2.24) is 9.78 Å². The minimum absolute atomic E-state index is 0.0428. The van der Waals surface area contributed by atoms with Crippen LogP contribution in [0.2, 0.25) is 0 Å². The Morgan fingerprint density at radius 3 is 2.74 bits per heavy atom. The largest absolute Gasteiger partial charge is 0.466 e. The molecule has 0 saturated carbocycles. The smallest absolute Gasteiger partial charge is 0.437 e. The summed E-state index contributed by atoms with van der Waals surface area (Å²) in [5, 5.41) is 4.01. The lowest BCUT2D eigenvalue weighted by Crippen LogP contribution is -2.17. The summed E-state index contributed by atoms with van der Waals surface area (Å²) < 4.78 is 28.8. The third-order valence-corrected chi connectivity index (χ3v) is 3.14. The number of nitrogens with zero attached hydrogens (tertiary/aromatic N) is 2. The van der Waals surface area contributed by atoms with Crippen molar-refractivity contribution in [3.63, 3.8) is 0 Å². The van der Waals surface area contributed by atoms with Crippen molar-refractivity contribution in [2.24, 2.45) is 0 Å². The summed E-state index contributed by atoms with van der Waals surface area (Å²) in [6, 6.07) is 6.79. The van der Waals surface area contributed by atoms with Crippen LogP contribution in [0.25, 0.3) is 11.5 Å². The lowest BCUT2D eigenvalue weighted by molar-refractivity contribution is 0.0598. The zero-order chi connectivity index (χ0) is 16.4. The Hall–Kier alpha value is -3.16. The molecule has 0 amide bonds. The molecule has 2 heterocycles. The summed E-state index contributed by atoms with van der Waals surface area (Å²) in [6.45, 7) is -0.0963. The Kier molecular flexibility index (Phi) is 3.80. The van der Waals surface area contributed by atoms with E-state index in [1.807, 2.05) is 0 Å². The fraction of sp³-hybridized carbons (Fsp3) is 0.133. The number of hydrogen-bond donors (Lipinski definition) is 0. The highest BCUT2D eigenvalue weighted by Crippen LogP contribution is 2.17. The first kappa shape index (κ1) is 14.8. The molecule has 0 aliphatic rings. The van der Waals surface area contributed by atoms with Gasteiger partial charge in [-0.2, -0.15) is 4.68 Å². The fourth-order valence-corrected chi connectivity index (χ4v) is 2.01. The van der Waals surface area contributed by atoms with Gasteiger partial charge in [0.05, 0.1) is 13.4 Å². The quantitative estimate of drug-likeness (QED) is 0.684. The highest BCUT2D eigenvalue weighted by molar-refractivity contribution is 5.90. The molecule has 0 radical (unpaired) electrons. The molecular formula is C15H11FN2O5. The first-order chi connectivity index (χ1) is 11.1. The summed E-state index contributed by atoms with van der Waals surface area (Å²) in [4.78, 5) is 23.4. The first-order valence-electron chi connectivity index (χ1n) is 6.57. The number of furan rings is 1. The molecule has 0 spiro atoms. The van der Waals surface area contributed by atoms with Crippen LogP contribution in [-0.2, 0) is 11.3 Å². The van der Waals surface area contributed by atoms with Crippen LogP contribution in [0.5, 0.6) is 0 Å². The van der Waals surface area contributed by atoms with Gasteiger partial charge in [-0.3, -0.25) is 0 Å². The molecule has 0 saturated heterocycles. The van der Waals surface area contributed by atoms with Crippen LogP contribution in [0.15, 0.2) is 50.2 Å². The second-order valence-corrected chi connectivity index (χ2v) is 4.59. The zero-order valence-electron chi connectivity index (χ0n) is 12.0. The molecule has 7 nitrogen and oxygen atoms in total. The van der Waals surface area contributed by atoms with Gasteiger partial charge in [-0.15, -0.1) is 5.10 Å². The van der Waals surface area contributed by atoms with Gasteiger partial charge in [-0.1, -0.05) is 0 Å². The number of rotatable bonds is 4. The standard InChI is InChI=1S/C15H11FN2O5/c1-21-14(19)11-6-7-22-12(11)8-18-15(20)23-13(17-18)9-2-4-10(16)5-3-9/h2-7H,8H2,1H3. The van der Waals surface area contributed by atoms with E-state index in [1.165, 1.54) is 43.7 Å². The second-order valence-electron chi connectivity index (χ2n) is 4.59. The Balaban J connectivity index is 1.91. The highest BCUT2D eigenvalue weighted by atomic mass is 19.1. The average molecular weight is 318 g/mol. The van der Waals surface area contributed by atoms with Gasteiger partial charge in [-0.05, 0) is 30.3 Å². The molecule has 3 aromatic rings. The van der Waals surface area contributed by atoms with Crippen molar-refractivity contribution in [2.75, 3.05) is 7.11 Å². The topological polar surface area (TPSA) is 87.5 Å². The summed E-state index contributed by atoms with van der Waals surface area (Å²) >= 11 is 0. The predicted octanol–water partition coefficient (Wildman–Crippen LogP) is 2.07. The monoisotopic (exact) mass is 318 g/mol. The van der Waals surface area contributed by atoms with Crippen LogP contribution in [0, 0.1) is 5.82 Å². The van der Waals surface area contributed by atoms with Crippen molar-refractivity contribution >= 4 is 5.97 Å². The fourth-order valence-electron chi connectivity index (χ4n) is 2.01. The maximum atomic E-state index is 12.9. The normalized spacial score (nSPS) is 10.7. The molecule has 3 rings (SSSR count). The Labute approximate surface area is 128 Å². The highest BCUT2D eigenvalue weighted by Gasteiger charge is 2.18. The van der Waals surface area contributed by atoms with E-state index in [0.29, 0.717) is 5.56 Å². The average Bonchev–Trinajstić information content (AvgIpc) is 3.15. The van der Waals surface area contributed by atoms with E-state index >= 15 is 0 Å². The molecule has 2 aromatic heterocycles.